The van der Waals surface area contributed by atoms with E-state index in [1.54, 1.807) is 6.92 Å². The van der Waals surface area contributed by atoms with Gasteiger partial charge in [0, 0.05) is 24.4 Å². The van der Waals surface area contributed by atoms with Gasteiger partial charge in [0.05, 0.1) is 29.1 Å². The Hall–Kier alpha value is -2.19. The molecule has 1 aliphatic rings. The molecule has 0 unspecified atom stereocenters. The van der Waals surface area contributed by atoms with Gasteiger partial charge in [-0.3, -0.25) is 9.67 Å². The van der Waals surface area contributed by atoms with Crippen molar-refractivity contribution >= 4 is 18.6 Å². The predicted molar refractivity (Wildman–Crippen MR) is 112 cm³/mol. The molecule has 0 aliphatic carbocycles. The summed E-state index contributed by atoms with van der Waals surface area (Å²) < 4.78 is 19.5. The molecular formula is C21H30BN3O4. The molecule has 156 valence electrons. The van der Waals surface area contributed by atoms with Gasteiger partial charge in [0.2, 0.25) is 0 Å². The first kappa shape index (κ1) is 21.5. The van der Waals surface area contributed by atoms with Gasteiger partial charge in [0.25, 0.3) is 0 Å². The van der Waals surface area contributed by atoms with Crippen LogP contribution in [0.5, 0.6) is 0 Å². The number of aromatic nitrogens is 3. The van der Waals surface area contributed by atoms with Crippen LogP contribution in [0.3, 0.4) is 0 Å². The number of carbonyl (C=O) groups excluding carboxylic acids is 1. The molecule has 3 heterocycles. The first-order chi connectivity index (χ1) is 13.7. The summed E-state index contributed by atoms with van der Waals surface area (Å²) in [5.74, 6) is -0.440. The van der Waals surface area contributed by atoms with Gasteiger partial charge >= 0.3 is 13.1 Å². The second-order valence-electron chi connectivity index (χ2n) is 8.28. The van der Waals surface area contributed by atoms with E-state index in [0.717, 1.165) is 25.1 Å². The Morgan fingerprint density at radius 1 is 1.17 bits per heavy atom. The van der Waals surface area contributed by atoms with E-state index in [0.29, 0.717) is 16.7 Å². The molecule has 1 aliphatic heterocycles. The van der Waals surface area contributed by atoms with E-state index in [1.165, 1.54) is 6.20 Å². The van der Waals surface area contributed by atoms with E-state index in [9.17, 15) is 4.79 Å². The quantitative estimate of drug-likeness (QED) is 0.526. The van der Waals surface area contributed by atoms with Crippen LogP contribution in [0.15, 0.2) is 24.5 Å². The topological polar surface area (TPSA) is 75.5 Å². The number of rotatable bonds is 7. The number of unbranched alkanes of at least 4 members (excludes halogenated alkanes) is 1. The normalized spacial score (nSPS) is 17.5. The Labute approximate surface area is 172 Å². The summed E-state index contributed by atoms with van der Waals surface area (Å²) >= 11 is 0. The molecule has 0 bridgehead atoms. The van der Waals surface area contributed by atoms with Gasteiger partial charge in [-0.05, 0) is 53.2 Å². The van der Waals surface area contributed by atoms with Crippen molar-refractivity contribution in [3.8, 4) is 11.4 Å². The number of ether oxygens (including phenoxy) is 1. The van der Waals surface area contributed by atoms with Gasteiger partial charge < -0.3 is 14.0 Å². The molecule has 1 fully saturated rings. The maximum absolute atomic E-state index is 12.5. The standard InChI is InChI=1S/C21H30BN3O4/c1-7-9-11-25-12-10-17(24-25)18-13-16(15(14-23-18)19(26)27-8-2)22-28-20(3,4)21(5,6)29-22/h10,12-14H,7-9,11H2,1-6H3. The van der Waals surface area contributed by atoms with Gasteiger partial charge in [0.1, 0.15) is 5.69 Å². The first-order valence-electron chi connectivity index (χ1n) is 10.2. The molecule has 2 aromatic heterocycles. The van der Waals surface area contributed by atoms with Crippen molar-refractivity contribution in [2.75, 3.05) is 6.61 Å². The van der Waals surface area contributed by atoms with Gasteiger partial charge in [0.15, 0.2) is 0 Å². The van der Waals surface area contributed by atoms with E-state index in [4.69, 9.17) is 14.0 Å². The Morgan fingerprint density at radius 2 is 1.86 bits per heavy atom. The zero-order valence-corrected chi connectivity index (χ0v) is 18.2. The minimum Gasteiger partial charge on any atom is -0.462 e. The van der Waals surface area contributed by atoms with Gasteiger partial charge in [-0.2, -0.15) is 5.10 Å². The van der Waals surface area contributed by atoms with E-state index in [1.807, 2.05) is 50.7 Å². The Morgan fingerprint density at radius 3 is 2.48 bits per heavy atom. The second kappa shape index (κ2) is 8.28. The van der Waals surface area contributed by atoms with E-state index >= 15 is 0 Å². The molecule has 0 N–H and O–H groups in total. The average molecular weight is 399 g/mol. The molecule has 1 saturated heterocycles. The van der Waals surface area contributed by atoms with Crippen molar-refractivity contribution in [3.63, 3.8) is 0 Å². The molecule has 0 aromatic carbocycles. The number of carbonyl (C=O) groups is 1. The van der Waals surface area contributed by atoms with E-state index in [2.05, 4.69) is 17.0 Å². The number of aryl methyl sites for hydroxylation is 1. The molecule has 0 radical (unpaired) electrons. The molecule has 0 spiro atoms. The molecule has 3 rings (SSSR count). The smallest absolute Gasteiger partial charge is 0.462 e. The summed E-state index contributed by atoms with van der Waals surface area (Å²) in [4.78, 5) is 17.0. The van der Waals surface area contributed by atoms with Crippen LogP contribution in [-0.4, -0.2) is 45.7 Å². The van der Waals surface area contributed by atoms with Crippen LogP contribution in [-0.2, 0) is 20.6 Å². The lowest BCUT2D eigenvalue weighted by molar-refractivity contribution is 0.00578. The fourth-order valence-corrected chi connectivity index (χ4v) is 3.10. The summed E-state index contributed by atoms with van der Waals surface area (Å²) in [7, 11) is -0.691. The molecule has 0 saturated carbocycles. The third-order valence-electron chi connectivity index (χ3n) is 5.58. The first-order valence-corrected chi connectivity index (χ1v) is 10.2. The van der Waals surface area contributed by atoms with Gasteiger partial charge in [-0.15, -0.1) is 0 Å². The lowest BCUT2D eigenvalue weighted by Gasteiger charge is -2.32. The minimum absolute atomic E-state index is 0.283. The third-order valence-corrected chi connectivity index (χ3v) is 5.58. The monoisotopic (exact) mass is 399 g/mol. The number of nitrogens with zero attached hydrogens (tertiary/aromatic N) is 3. The average Bonchev–Trinajstić information content (AvgIpc) is 3.21. The van der Waals surface area contributed by atoms with Crippen molar-refractivity contribution in [2.45, 2.75) is 72.1 Å². The SMILES string of the molecule is CCCCn1ccc(-c2cc(B3OC(C)(C)C(C)(C)O3)c(C(=O)OCC)cn2)n1. The van der Waals surface area contributed by atoms with Crippen molar-refractivity contribution < 1.29 is 18.8 Å². The lowest BCUT2D eigenvalue weighted by Crippen LogP contribution is -2.41. The number of hydrogen-bond acceptors (Lipinski definition) is 6. The highest BCUT2D eigenvalue weighted by molar-refractivity contribution is 6.63. The van der Waals surface area contributed by atoms with Crippen LogP contribution < -0.4 is 5.46 Å². The van der Waals surface area contributed by atoms with Crippen LogP contribution in [0.4, 0.5) is 0 Å². The van der Waals surface area contributed by atoms with Crippen LogP contribution in [0, 0.1) is 0 Å². The zero-order chi connectivity index (χ0) is 21.2. The fraction of sp³-hybridized carbons (Fsp3) is 0.571. The largest absolute Gasteiger partial charge is 0.495 e. The highest BCUT2D eigenvalue weighted by atomic mass is 16.7. The zero-order valence-electron chi connectivity index (χ0n) is 18.2. The van der Waals surface area contributed by atoms with Crippen LogP contribution >= 0.6 is 0 Å². The van der Waals surface area contributed by atoms with Crippen LogP contribution in [0.1, 0.15) is 64.7 Å². The summed E-state index contributed by atoms with van der Waals surface area (Å²) in [5.41, 5.74) is 1.32. The summed E-state index contributed by atoms with van der Waals surface area (Å²) in [6.45, 7) is 13.0. The van der Waals surface area contributed by atoms with Crippen LogP contribution in [0.2, 0.25) is 0 Å². The van der Waals surface area contributed by atoms with Crippen molar-refractivity contribution in [3.05, 3.63) is 30.1 Å². The third kappa shape index (κ3) is 4.38. The predicted octanol–water partition coefficient (Wildman–Crippen LogP) is 3.22. The number of esters is 1. The summed E-state index contributed by atoms with van der Waals surface area (Å²) in [6.07, 6.45) is 5.64. The Bertz CT molecular complexity index is 863. The van der Waals surface area contributed by atoms with E-state index in [-0.39, 0.29) is 6.61 Å². The highest BCUT2D eigenvalue weighted by Gasteiger charge is 2.52. The molecule has 7 nitrogen and oxygen atoms in total. The van der Waals surface area contributed by atoms with Crippen molar-refractivity contribution in [2.24, 2.45) is 0 Å². The minimum atomic E-state index is -0.691. The molecule has 2 aromatic rings. The van der Waals surface area contributed by atoms with Crippen molar-refractivity contribution in [1.29, 1.82) is 0 Å². The van der Waals surface area contributed by atoms with Crippen LogP contribution in [0.25, 0.3) is 11.4 Å². The highest BCUT2D eigenvalue weighted by Crippen LogP contribution is 2.37. The Balaban J connectivity index is 1.99. The van der Waals surface area contributed by atoms with Crippen molar-refractivity contribution in [1.82, 2.24) is 14.8 Å². The second-order valence-corrected chi connectivity index (χ2v) is 8.28. The lowest BCUT2D eigenvalue weighted by atomic mass is 9.76. The number of pyridine rings is 1. The molecule has 0 amide bonds. The maximum Gasteiger partial charge on any atom is 0.495 e. The van der Waals surface area contributed by atoms with Gasteiger partial charge in [-0.25, -0.2) is 4.79 Å². The number of hydrogen-bond donors (Lipinski definition) is 0. The maximum atomic E-state index is 12.5. The molecule has 0 atom stereocenters. The summed E-state index contributed by atoms with van der Waals surface area (Å²) in [5, 5.41) is 4.61. The van der Waals surface area contributed by atoms with Gasteiger partial charge in [-0.1, -0.05) is 13.3 Å². The molecule has 8 heteroatoms. The fourth-order valence-electron chi connectivity index (χ4n) is 3.10. The summed E-state index contributed by atoms with van der Waals surface area (Å²) in [6, 6.07) is 3.75. The Kier molecular flexibility index (Phi) is 6.15. The van der Waals surface area contributed by atoms with E-state index < -0.39 is 24.3 Å². The molecular weight excluding hydrogens is 369 g/mol. The molecule has 29 heavy (non-hydrogen) atoms.